The van der Waals surface area contributed by atoms with E-state index in [0.717, 1.165) is 16.3 Å². The van der Waals surface area contributed by atoms with Crippen molar-refractivity contribution in [3.05, 3.63) is 47.7 Å². The molecule has 0 radical (unpaired) electrons. The van der Waals surface area contributed by atoms with Crippen LogP contribution in [-0.4, -0.2) is 16.1 Å². The zero-order valence-electron chi connectivity index (χ0n) is 9.21. The van der Waals surface area contributed by atoms with Gasteiger partial charge in [0.1, 0.15) is 5.76 Å². The quantitative estimate of drug-likeness (QED) is 0.844. The lowest BCUT2D eigenvalue weighted by Crippen LogP contribution is -1.98. The Morgan fingerprint density at radius 2 is 2.24 bits per heavy atom. The van der Waals surface area contributed by atoms with Gasteiger partial charge in [-0.05, 0) is 19.1 Å². The van der Waals surface area contributed by atoms with Gasteiger partial charge in [0.2, 0.25) is 0 Å². The van der Waals surface area contributed by atoms with Crippen molar-refractivity contribution in [2.24, 2.45) is 0 Å². The summed E-state index contributed by atoms with van der Waals surface area (Å²) in [7, 11) is 0. The molecular formula is C12H11NO3S. The number of carboxylic acids is 1. The van der Waals surface area contributed by atoms with Crippen LogP contribution < -0.4 is 0 Å². The number of aromatic carboxylic acids is 1. The van der Waals surface area contributed by atoms with Crippen LogP contribution in [0.4, 0.5) is 0 Å². The number of carboxylic acid groups (broad SMARTS) is 1. The lowest BCUT2D eigenvalue weighted by molar-refractivity contribution is 0.0693. The van der Waals surface area contributed by atoms with Gasteiger partial charge in [-0.15, -0.1) is 11.8 Å². The second-order valence-electron chi connectivity index (χ2n) is 3.45. The van der Waals surface area contributed by atoms with Crippen molar-refractivity contribution in [2.45, 2.75) is 17.6 Å². The van der Waals surface area contributed by atoms with E-state index < -0.39 is 5.97 Å². The predicted octanol–water partition coefficient (Wildman–Crippen LogP) is 2.97. The Balaban J connectivity index is 2.14. The average molecular weight is 249 g/mol. The molecular weight excluding hydrogens is 238 g/mol. The fraction of sp³-hybridized carbons (Fsp3) is 0.167. The van der Waals surface area contributed by atoms with E-state index in [2.05, 4.69) is 4.98 Å². The Labute approximate surface area is 103 Å². The molecule has 2 rings (SSSR count). The van der Waals surface area contributed by atoms with Crippen LogP contribution in [0.1, 0.15) is 21.8 Å². The Morgan fingerprint density at radius 3 is 2.88 bits per heavy atom. The Bertz CT molecular complexity index is 536. The van der Waals surface area contributed by atoms with E-state index in [4.69, 9.17) is 9.52 Å². The molecule has 4 nitrogen and oxygen atoms in total. The van der Waals surface area contributed by atoms with Crippen LogP contribution in [0, 0.1) is 6.92 Å². The Kier molecular flexibility index (Phi) is 3.49. The molecule has 5 heteroatoms. The number of oxazole rings is 1. The highest BCUT2D eigenvalue weighted by atomic mass is 32.2. The molecule has 88 valence electrons. The van der Waals surface area contributed by atoms with Crippen molar-refractivity contribution in [2.75, 3.05) is 0 Å². The molecule has 0 aliphatic rings. The molecule has 0 unspecified atom stereocenters. The lowest BCUT2D eigenvalue weighted by Gasteiger charge is -2.04. The maximum Gasteiger partial charge on any atom is 0.336 e. The lowest BCUT2D eigenvalue weighted by atomic mass is 10.2. The number of benzene rings is 1. The summed E-state index contributed by atoms with van der Waals surface area (Å²) in [5.41, 5.74) is 1.16. The first kappa shape index (κ1) is 11.7. The first-order valence-corrected chi connectivity index (χ1v) is 6.01. The van der Waals surface area contributed by atoms with Crippen LogP contribution in [0.5, 0.6) is 0 Å². The molecule has 0 spiro atoms. The predicted molar refractivity (Wildman–Crippen MR) is 64.2 cm³/mol. The van der Waals surface area contributed by atoms with Crippen molar-refractivity contribution in [1.82, 2.24) is 4.98 Å². The summed E-state index contributed by atoms with van der Waals surface area (Å²) in [4.78, 5) is 15.8. The number of carbonyl (C=O) groups is 1. The fourth-order valence-corrected chi connectivity index (χ4v) is 2.44. The monoisotopic (exact) mass is 249 g/mol. The van der Waals surface area contributed by atoms with Crippen molar-refractivity contribution in [3.63, 3.8) is 0 Å². The summed E-state index contributed by atoms with van der Waals surface area (Å²) in [5, 5.41) is 9.03. The third-order valence-electron chi connectivity index (χ3n) is 2.33. The minimum atomic E-state index is -0.912. The van der Waals surface area contributed by atoms with Crippen molar-refractivity contribution in [3.8, 4) is 0 Å². The largest absolute Gasteiger partial charge is 0.478 e. The molecule has 0 fully saturated rings. The molecule has 0 aliphatic heterocycles. The zero-order chi connectivity index (χ0) is 12.3. The van der Waals surface area contributed by atoms with Gasteiger partial charge in [0, 0.05) is 10.6 Å². The molecule has 1 aromatic heterocycles. The van der Waals surface area contributed by atoms with Crippen LogP contribution in [0.3, 0.4) is 0 Å². The summed E-state index contributed by atoms with van der Waals surface area (Å²) >= 11 is 1.44. The molecule has 1 N–H and O–H groups in total. The second-order valence-corrected chi connectivity index (χ2v) is 4.46. The summed E-state index contributed by atoms with van der Waals surface area (Å²) < 4.78 is 5.09. The van der Waals surface area contributed by atoms with E-state index in [1.165, 1.54) is 18.2 Å². The minimum absolute atomic E-state index is 0.318. The number of thioether (sulfide) groups is 1. The number of nitrogens with zero attached hydrogens (tertiary/aromatic N) is 1. The molecule has 0 amide bonds. The van der Waals surface area contributed by atoms with Gasteiger partial charge in [0.15, 0.2) is 6.39 Å². The summed E-state index contributed by atoms with van der Waals surface area (Å²) in [6.07, 6.45) is 1.40. The highest BCUT2D eigenvalue weighted by Gasteiger charge is 2.11. The van der Waals surface area contributed by atoms with Gasteiger partial charge >= 0.3 is 5.97 Å². The van der Waals surface area contributed by atoms with E-state index >= 15 is 0 Å². The molecule has 0 saturated heterocycles. The SMILES string of the molecule is Cc1ocnc1CSc1ccccc1C(=O)O. The van der Waals surface area contributed by atoms with Gasteiger partial charge in [-0.2, -0.15) is 0 Å². The minimum Gasteiger partial charge on any atom is -0.478 e. The highest BCUT2D eigenvalue weighted by Crippen LogP contribution is 2.26. The molecule has 0 bridgehead atoms. The average Bonchev–Trinajstić information content (AvgIpc) is 2.72. The van der Waals surface area contributed by atoms with Crippen molar-refractivity contribution in [1.29, 1.82) is 0 Å². The van der Waals surface area contributed by atoms with Crippen LogP contribution in [0.25, 0.3) is 0 Å². The van der Waals surface area contributed by atoms with Gasteiger partial charge in [-0.25, -0.2) is 9.78 Å². The first-order chi connectivity index (χ1) is 8.18. The van der Waals surface area contributed by atoms with Crippen LogP contribution >= 0.6 is 11.8 Å². The van der Waals surface area contributed by atoms with E-state index in [1.807, 2.05) is 13.0 Å². The molecule has 1 aromatic carbocycles. The van der Waals surface area contributed by atoms with E-state index in [0.29, 0.717) is 11.3 Å². The van der Waals surface area contributed by atoms with Crippen LogP contribution in [-0.2, 0) is 5.75 Å². The standard InChI is InChI=1S/C12H11NO3S/c1-8-10(13-7-16-8)6-17-11-5-3-2-4-9(11)12(14)15/h2-5,7H,6H2,1H3,(H,14,15). The van der Waals surface area contributed by atoms with Gasteiger partial charge in [0.25, 0.3) is 0 Å². The highest BCUT2D eigenvalue weighted by molar-refractivity contribution is 7.98. The molecule has 17 heavy (non-hydrogen) atoms. The molecule has 0 aliphatic carbocycles. The number of hydrogen-bond acceptors (Lipinski definition) is 4. The van der Waals surface area contributed by atoms with Gasteiger partial charge < -0.3 is 9.52 Å². The summed E-state index contributed by atoms with van der Waals surface area (Å²) in [5.74, 6) is 0.461. The first-order valence-electron chi connectivity index (χ1n) is 5.02. The maximum atomic E-state index is 11.0. The summed E-state index contributed by atoms with van der Waals surface area (Å²) in [6, 6.07) is 6.93. The van der Waals surface area contributed by atoms with Crippen LogP contribution in [0.15, 0.2) is 40.0 Å². The molecule has 2 aromatic rings. The fourth-order valence-electron chi connectivity index (χ4n) is 1.38. The third kappa shape index (κ3) is 2.68. The zero-order valence-corrected chi connectivity index (χ0v) is 10.0. The maximum absolute atomic E-state index is 11.0. The van der Waals surface area contributed by atoms with E-state index in [1.54, 1.807) is 18.2 Å². The van der Waals surface area contributed by atoms with E-state index in [9.17, 15) is 4.79 Å². The van der Waals surface area contributed by atoms with Crippen LogP contribution in [0.2, 0.25) is 0 Å². The van der Waals surface area contributed by atoms with Gasteiger partial charge in [-0.1, -0.05) is 12.1 Å². The number of rotatable bonds is 4. The van der Waals surface area contributed by atoms with Gasteiger partial charge in [0.05, 0.1) is 11.3 Å². The molecule has 0 atom stereocenters. The second kappa shape index (κ2) is 5.05. The Morgan fingerprint density at radius 1 is 1.47 bits per heavy atom. The molecule has 0 saturated carbocycles. The third-order valence-corrected chi connectivity index (χ3v) is 3.41. The number of hydrogen-bond donors (Lipinski definition) is 1. The summed E-state index contributed by atoms with van der Waals surface area (Å²) in [6.45, 7) is 1.84. The van der Waals surface area contributed by atoms with Crippen molar-refractivity contribution >= 4 is 17.7 Å². The topological polar surface area (TPSA) is 63.3 Å². The number of aromatic nitrogens is 1. The van der Waals surface area contributed by atoms with E-state index in [-0.39, 0.29) is 0 Å². The molecule has 1 heterocycles. The number of aryl methyl sites for hydroxylation is 1. The van der Waals surface area contributed by atoms with Crippen molar-refractivity contribution < 1.29 is 14.3 Å². The normalized spacial score (nSPS) is 10.4. The Hall–Kier alpha value is -1.75. The van der Waals surface area contributed by atoms with Gasteiger partial charge in [-0.3, -0.25) is 0 Å². The smallest absolute Gasteiger partial charge is 0.336 e.